The lowest BCUT2D eigenvalue weighted by molar-refractivity contribution is 0.219. The van der Waals surface area contributed by atoms with Gasteiger partial charge in [0.15, 0.2) is 0 Å². The summed E-state index contributed by atoms with van der Waals surface area (Å²) < 4.78 is 0.948. The number of hydrogen-bond acceptors (Lipinski definition) is 5. The molecule has 5 nitrogen and oxygen atoms in total. The van der Waals surface area contributed by atoms with Gasteiger partial charge in [0.2, 0.25) is 0 Å². The summed E-state index contributed by atoms with van der Waals surface area (Å²) in [5.41, 5.74) is 0.981. The maximum Gasteiger partial charge on any atom is 0.149 e. The van der Waals surface area contributed by atoms with Crippen molar-refractivity contribution in [3.05, 3.63) is 16.0 Å². The van der Waals surface area contributed by atoms with Crippen LogP contribution in [-0.2, 0) is 0 Å². The standard InChI is InChI=1S/C13H22BrN5/c1-9-11(14)13(15-2)17-12(16-9)10-8-18(3)6-5-7-19(10)4/h10H,5-8H2,1-4H3,(H,15,16,17). The van der Waals surface area contributed by atoms with Gasteiger partial charge in [-0.3, -0.25) is 4.90 Å². The Hall–Kier alpha value is -0.720. The zero-order valence-corrected chi connectivity index (χ0v) is 13.7. The van der Waals surface area contributed by atoms with E-state index >= 15 is 0 Å². The lowest BCUT2D eigenvalue weighted by Crippen LogP contribution is -2.32. The van der Waals surface area contributed by atoms with Crippen LogP contribution in [0.1, 0.15) is 24.0 Å². The van der Waals surface area contributed by atoms with Crippen LogP contribution in [0.15, 0.2) is 4.47 Å². The first kappa shape index (κ1) is 14.7. The van der Waals surface area contributed by atoms with Crippen LogP contribution < -0.4 is 5.32 Å². The second kappa shape index (κ2) is 6.15. The van der Waals surface area contributed by atoms with E-state index in [0.717, 1.165) is 41.4 Å². The van der Waals surface area contributed by atoms with Crippen molar-refractivity contribution in [2.75, 3.05) is 46.1 Å². The lowest BCUT2D eigenvalue weighted by Gasteiger charge is -2.26. The highest BCUT2D eigenvalue weighted by molar-refractivity contribution is 9.10. The van der Waals surface area contributed by atoms with Crippen LogP contribution in [0.5, 0.6) is 0 Å². The van der Waals surface area contributed by atoms with Gasteiger partial charge in [-0.1, -0.05) is 0 Å². The fourth-order valence-corrected chi connectivity index (χ4v) is 2.82. The highest BCUT2D eigenvalue weighted by atomic mass is 79.9. The minimum Gasteiger partial charge on any atom is -0.372 e. The molecule has 1 aliphatic rings. The van der Waals surface area contributed by atoms with E-state index in [1.807, 2.05) is 14.0 Å². The van der Waals surface area contributed by atoms with Crippen LogP contribution >= 0.6 is 15.9 Å². The molecule has 19 heavy (non-hydrogen) atoms. The smallest absolute Gasteiger partial charge is 0.149 e. The van der Waals surface area contributed by atoms with Crippen molar-refractivity contribution in [2.45, 2.75) is 19.4 Å². The summed E-state index contributed by atoms with van der Waals surface area (Å²) in [6.07, 6.45) is 1.19. The first-order chi connectivity index (χ1) is 9.02. The van der Waals surface area contributed by atoms with E-state index in [0.29, 0.717) is 0 Å². The highest BCUT2D eigenvalue weighted by Crippen LogP contribution is 2.27. The Morgan fingerprint density at radius 1 is 1.26 bits per heavy atom. The van der Waals surface area contributed by atoms with Crippen molar-refractivity contribution in [3.63, 3.8) is 0 Å². The van der Waals surface area contributed by atoms with Crippen molar-refractivity contribution in [1.29, 1.82) is 0 Å². The number of halogens is 1. The Morgan fingerprint density at radius 3 is 2.68 bits per heavy atom. The molecule has 1 aliphatic heterocycles. The van der Waals surface area contributed by atoms with Gasteiger partial charge in [0.05, 0.1) is 16.2 Å². The Balaban J connectivity index is 2.36. The SMILES string of the molecule is CNc1nc(C2CN(C)CCCN2C)nc(C)c1Br. The van der Waals surface area contributed by atoms with Gasteiger partial charge in [0.25, 0.3) is 0 Å². The fourth-order valence-electron chi connectivity index (χ4n) is 2.45. The molecule has 1 aromatic rings. The Labute approximate surface area is 123 Å². The quantitative estimate of drug-likeness (QED) is 0.898. The van der Waals surface area contributed by atoms with Crippen molar-refractivity contribution < 1.29 is 0 Å². The fraction of sp³-hybridized carbons (Fsp3) is 0.692. The molecule has 0 aliphatic carbocycles. The van der Waals surface area contributed by atoms with Crippen molar-refractivity contribution in [2.24, 2.45) is 0 Å². The molecule has 1 aromatic heterocycles. The normalized spacial score (nSPS) is 22.3. The number of rotatable bonds is 2. The summed E-state index contributed by atoms with van der Waals surface area (Å²) in [4.78, 5) is 14.0. The molecule has 106 valence electrons. The molecule has 0 radical (unpaired) electrons. The van der Waals surface area contributed by atoms with Gasteiger partial charge in [-0.15, -0.1) is 0 Å². The molecule has 2 rings (SSSR count). The van der Waals surface area contributed by atoms with Gasteiger partial charge in [-0.05, 0) is 56.5 Å². The molecular weight excluding hydrogens is 306 g/mol. The molecule has 0 spiro atoms. The molecule has 1 atom stereocenters. The number of nitrogens with zero attached hydrogens (tertiary/aromatic N) is 4. The van der Waals surface area contributed by atoms with E-state index in [1.54, 1.807) is 0 Å². The maximum atomic E-state index is 4.67. The summed E-state index contributed by atoms with van der Waals surface area (Å²) >= 11 is 3.53. The summed E-state index contributed by atoms with van der Waals surface area (Å²) in [5, 5.41) is 3.13. The predicted octanol–water partition coefficient (Wildman–Crippen LogP) is 1.90. The van der Waals surface area contributed by atoms with E-state index in [4.69, 9.17) is 0 Å². The van der Waals surface area contributed by atoms with Gasteiger partial charge in [0.1, 0.15) is 11.6 Å². The van der Waals surface area contributed by atoms with Gasteiger partial charge in [-0.25, -0.2) is 9.97 Å². The van der Waals surface area contributed by atoms with Crippen LogP contribution in [0.25, 0.3) is 0 Å². The minimum absolute atomic E-state index is 0.256. The van der Waals surface area contributed by atoms with E-state index < -0.39 is 0 Å². The molecule has 0 aromatic carbocycles. The molecule has 1 N–H and O–H groups in total. The second-order valence-electron chi connectivity index (χ2n) is 5.19. The summed E-state index contributed by atoms with van der Waals surface area (Å²) in [6, 6.07) is 0.256. The highest BCUT2D eigenvalue weighted by Gasteiger charge is 2.25. The van der Waals surface area contributed by atoms with Crippen molar-refractivity contribution in [3.8, 4) is 0 Å². The first-order valence-electron chi connectivity index (χ1n) is 6.63. The number of hydrogen-bond donors (Lipinski definition) is 1. The second-order valence-corrected chi connectivity index (χ2v) is 5.99. The zero-order chi connectivity index (χ0) is 14.0. The van der Waals surface area contributed by atoms with Crippen molar-refractivity contribution in [1.82, 2.24) is 19.8 Å². The minimum atomic E-state index is 0.256. The van der Waals surface area contributed by atoms with E-state index in [1.165, 1.54) is 6.42 Å². The van der Waals surface area contributed by atoms with E-state index in [2.05, 4.69) is 55.1 Å². The number of anilines is 1. The summed E-state index contributed by atoms with van der Waals surface area (Å²) in [7, 11) is 6.21. The number of nitrogens with one attached hydrogen (secondary N) is 1. The van der Waals surface area contributed by atoms with Gasteiger partial charge < -0.3 is 10.2 Å². The number of aryl methyl sites for hydroxylation is 1. The molecule has 1 unspecified atom stereocenters. The molecule has 1 saturated heterocycles. The number of aromatic nitrogens is 2. The maximum absolute atomic E-state index is 4.67. The monoisotopic (exact) mass is 327 g/mol. The van der Waals surface area contributed by atoms with Crippen LogP contribution in [0.4, 0.5) is 5.82 Å². The Bertz CT molecular complexity index is 451. The van der Waals surface area contributed by atoms with Gasteiger partial charge in [0, 0.05) is 13.6 Å². The Morgan fingerprint density at radius 2 is 2.00 bits per heavy atom. The third-order valence-electron chi connectivity index (χ3n) is 3.64. The molecule has 0 saturated carbocycles. The predicted molar refractivity (Wildman–Crippen MR) is 81.5 cm³/mol. The molecule has 2 heterocycles. The van der Waals surface area contributed by atoms with Crippen LogP contribution in [0, 0.1) is 6.92 Å². The largest absolute Gasteiger partial charge is 0.372 e. The molecule has 6 heteroatoms. The number of likely N-dealkylation sites (N-methyl/N-ethyl adjacent to an activating group) is 2. The molecule has 1 fully saturated rings. The van der Waals surface area contributed by atoms with E-state index in [-0.39, 0.29) is 6.04 Å². The molecular formula is C13H22BrN5. The van der Waals surface area contributed by atoms with E-state index in [9.17, 15) is 0 Å². The topological polar surface area (TPSA) is 44.3 Å². The van der Waals surface area contributed by atoms with Gasteiger partial charge >= 0.3 is 0 Å². The average molecular weight is 328 g/mol. The Kier molecular flexibility index (Phi) is 4.76. The average Bonchev–Trinajstić information content (AvgIpc) is 2.54. The zero-order valence-electron chi connectivity index (χ0n) is 12.1. The third-order valence-corrected chi connectivity index (χ3v) is 4.59. The summed E-state index contributed by atoms with van der Waals surface area (Å²) in [6.45, 7) is 5.20. The van der Waals surface area contributed by atoms with Crippen LogP contribution in [0.3, 0.4) is 0 Å². The van der Waals surface area contributed by atoms with Crippen molar-refractivity contribution >= 4 is 21.7 Å². The molecule has 0 bridgehead atoms. The first-order valence-corrected chi connectivity index (χ1v) is 7.42. The van der Waals surface area contributed by atoms with Crippen LogP contribution in [-0.4, -0.2) is 60.5 Å². The molecule has 0 amide bonds. The van der Waals surface area contributed by atoms with Gasteiger partial charge in [-0.2, -0.15) is 0 Å². The van der Waals surface area contributed by atoms with Crippen LogP contribution in [0.2, 0.25) is 0 Å². The summed E-state index contributed by atoms with van der Waals surface area (Å²) in [5.74, 6) is 1.77. The third kappa shape index (κ3) is 3.24. The lowest BCUT2D eigenvalue weighted by atomic mass is 10.2.